The van der Waals surface area contributed by atoms with E-state index < -0.39 is 6.03 Å². The van der Waals surface area contributed by atoms with Gasteiger partial charge in [0.2, 0.25) is 11.6 Å². The average Bonchev–Trinajstić information content (AvgIpc) is 3.06. The molecule has 6 N–H and O–H groups in total. The zero-order chi connectivity index (χ0) is 16.8. The fourth-order valence-electron chi connectivity index (χ4n) is 2.09. The number of nitrogens with zero attached hydrogens (tertiary/aromatic N) is 4. The number of nitrogens with two attached hydrogens (primary N) is 1. The van der Waals surface area contributed by atoms with E-state index in [9.17, 15) is 4.79 Å². The second-order valence-electron chi connectivity index (χ2n) is 4.95. The van der Waals surface area contributed by atoms with Crippen LogP contribution >= 0.6 is 0 Å². The summed E-state index contributed by atoms with van der Waals surface area (Å²) in [7, 11) is 0. The Morgan fingerprint density at radius 2 is 1.92 bits per heavy atom. The maximum Gasteiger partial charge on any atom is 0.312 e. The minimum absolute atomic E-state index is 0.363. The first-order valence-corrected chi connectivity index (χ1v) is 7.36. The van der Waals surface area contributed by atoms with Gasteiger partial charge in [-0.05, 0) is 5.56 Å². The predicted octanol–water partition coefficient (Wildman–Crippen LogP) is 0.440. The average molecular weight is 327 g/mol. The Morgan fingerprint density at radius 1 is 1.08 bits per heavy atom. The molecule has 10 heteroatoms. The lowest BCUT2D eigenvalue weighted by Crippen LogP contribution is -2.33. The van der Waals surface area contributed by atoms with Gasteiger partial charge in [-0.1, -0.05) is 30.3 Å². The summed E-state index contributed by atoms with van der Waals surface area (Å²) in [5.41, 5.74) is 7.14. The summed E-state index contributed by atoms with van der Waals surface area (Å²) in [6.45, 7) is 1.40. The first-order chi connectivity index (χ1) is 11.7. The second-order valence-corrected chi connectivity index (χ2v) is 4.95. The number of fused-ring (bicyclic) bond motifs is 1. The van der Waals surface area contributed by atoms with Crippen LogP contribution in [0.4, 0.5) is 16.6 Å². The van der Waals surface area contributed by atoms with Crippen LogP contribution in [0.1, 0.15) is 5.56 Å². The quantitative estimate of drug-likeness (QED) is 0.396. The van der Waals surface area contributed by atoms with E-state index >= 15 is 0 Å². The summed E-state index contributed by atoms with van der Waals surface area (Å²) < 4.78 is 0. The number of rotatable bonds is 7. The van der Waals surface area contributed by atoms with Crippen LogP contribution in [0.3, 0.4) is 0 Å². The number of aromatic amines is 1. The molecule has 3 aromatic rings. The summed E-state index contributed by atoms with van der Waals surface area (Å²) in [5.74, 6) is 0.959. The van der Waals surface area contributed by atoms with Crippen molar-refractivity contribution in [3.8, 4) is 0 Å². The monoisotopic (exact) mass is 327 g/mol. The van der Waals surface area contributed by atoms with Crippen molar-refractivity contribution >= 4 is 29.0 Å². The largest absolute Gasteiger partial charge is 0.364 e. The zero-order valence-electron chi connectivity index (χ0n) is 12.8. The molecule has 2 heterocycles. The summed E-state index contributed by atoms with van der Waals surface area (Å²) >= 11 is 0. The van der Waals surface area contributed by atoms with Gasteiger partial charge in [0.1, 0.15) is 0 Å². The molecule has 24 heavy (non-hydrogen) atoms. The first-order valence-electron chi connectivity index (χ1n) is 7.36. The van der Waals surface area contributed by atoms with Crippen molar-refractivity contribution in [2.45, 2.75) is 6.54 Å². The molecule has 0 saturated heterocycles. The molecule has 0 saturated carbocycles. The van der Waals surface area contributed by atoms with Gasteiger partial charge < -0.3 is 21.7 Å². The fraction of sp³-hybridized carbons (Fsp3) is 0.214. The summed E-state index contributed by atoms with van der Waals surface area (Å²) in [4.78, 5) is 19.3. The van der Waals surface area contributed by atoms with Gasteiger partial charge in [-0.2, -0.15) is 20.3 Å². The number of H-pyrrole nitrogens is 1. The molecule has 1 aromatic carbocycles. The number of benzene rings is 1. The number of carbonyl (C=O) groups excluding carboxylic acids is 1. The number of hydrogen-bond acceptors (Lipinski definition) is 7. The smallest absolute Gasteiger partial charge is 0.312 e. The van der Waals surface area contributed by atoms with Crippen molar-refractivity contribution < 1.29 is 4.79 Å². The van der Waals surface area contributed by atoms with E-state index in [4.69, 9.17) is 5.73 Å². The van der Waals surface area contributed by atoms with Gasteiger partial charge >= 0.3 is 6.03 Å². The maximum atomic E-state index is 10.6. The van der Waals surface area contributed by atoms with Gasteiger partial charge in [0.15, 0.2) is 11.3 Å². The molecule has 0 radical (unpaired) electrons. The minimum Gasteiger partial charge on any atom is -0.364 e. The van der Waals surface area contributed by atoms with Gasteiger partial charge in [0.05, 0.1) is 0 Å². The van der Waals surface area contributed by atoms with Gasteiger partial charge in [0.25, 0.3) is 0 Å². The molecule has 2 aromatic heterocycles. The molecule has 0 aliphatic heterocycles. The number of carbonyl (C=O) groups is 1. The highest BCUT2D eigenvalue weighted by Gasteiger charge is 2.11. The Balaban J connectivity index is 1.71. The maximum absolute atomic E-state index is 10.6. The highest BCUT2D eigenvalue weighted by molar-refractivity contribution is 5.82. The molecule has 0 unspecified atom stereocenters. The van der Waals surface area contributed by atoms with Crippen molar-refractivity contribution in [2.75, 3.05) is 23.7 Å². The van der Waals surface area contributed by atoms with Gasteiger partial charge in [-0.15, -0.1) is 5.10 Å². The molecule has 0 spiro atoms. The number of amides is 2. The molecular weight excluding hydrogens is 310 g/mol. The lowest BCUT2D eigenvalue weighted by molar-refractivity contribution is 0.249. The van der Waals surface area contributed by atoms with Crippen LogP contribution in [0.5, 0.6) is 0 Å². The minimum atomic E-state index is -0.574. The van der Waals surface area contributed by atoms with E-state index in [1.807, 2.05) is 30.3 Å². The van der Waals surface area contributed by atoms with Gasteiger partial charge in [-0.3, -0.25) is 0 Å². The first kappa shape index (κ1) is 15.5. The van der Waals surface area contributed by atoms with Crippen molar-refractivity contribution in [3.05, 3.63) is 35.9 Å². The van der Waals surface area contributed by atoms with Crippen LogP contribution in [0.25, 0.3) is 11.2 Å². The number of nitrogens with one attached hydrogen (secondary N) is 4. The standard InChI is InChI=1S/C14H17N9O/c15-13(24)16-6-7-17-14-19-11(10-12(20-14)22-23-21-10)18-8-9-4-2-1-3-5-9/h1-5H,6-8H2,(H3,15,16,24)(H3,17,18,19,20,21,22,23). The second kappa shape index (κ2) is 7.22. The number of anilines is 2. The Morgan fingerprint density at radius 3 is 2.71 bits per heavy atom. The van der Waals surface area contributed by atoms with Crippen LogP contribution < -0.4 is 21.7 Å². The number of aromatic nitrogens is 5. The van der Waals surface area contributed by atoms with Crippen molar-refractivity contribution in [2.24, 2.45) is 5.73 Å². The number of hydrogen-bond donors (Lipinski definition) is 5. The Hall–Kier alpha value is -3.43. The van der Waals surface area contributed by atoms with Crippen molar-refractivity contribution in [1.29, 1.82) is 0 Å². The van der Waals surface area contributed by atoms with Crippen LogP contribution in [-0.2, 0) is 6.54 Å². The van der Waals surface area contributed by atoms with Crippen LogP contribution in [0.2, 0.25) is 0 Å². The molecular formula is C14H17N9O. The summed E-state index contributed by atoms with van der Waals surface area (Å²) in [6, 6.07) is 9.37. The molecule has 2 amide bonds. The van der Waals surface area contributed by atoms with Crippen LogP contribution in [0, 0.1) is 0 Å². The van der Waals surface area contributed by atoms with Gasteiger partial charge in [-0.25, -0.2) is 4.79 Å². The molecule has 124 valence electrons. The highest BCUT2D eigenvalue weighted by Crippen LogP contribution is 2.18. The topological polar surface area (TPSA) is 147 Å². The molecule has 0 atom stereocenters. The SMILES string of the molecule is NC(=O)NCCNc1nc(NCc2ccccc2)c2n[nH]nc2n1. The Labute approximate surface area is 137 Å². The molecule has 3 rings (SSSR count). The fourth-order valence-corrected chi connectivity index (χ4v) is 2.09. The van der Waals surface area contributed by atoms with Crippen LogP contribution in [0.15, 0.2) is 30.3 Å². The third-order valence-corrected chi connectivity index (χ3v) is 3.19. The molecule has 0 aliphatic carbocycles. The third kappa shape index (κ3) is 3.85. The molecule has 0 fully saturated rings. The Kier molecular flexibility index (Phi) is 4.65. The zero-order valence-corrected chi connectivity index (χ0v) is 12.8. The van der Waals surface area contributed by atoms with Gasteiger partial charge in [0, 0.05) is 19.6 Å². The normalized spacial score (nSPS) is 10.5. The van der Waals surface area contributed by atoms with E-state index in [2.05, 4.69) is 41.3 Å². The predicted molar refractivity (Wildman–Crippen MR) is 89.3 cm³/mol. The van der Waals surface area contributed by atoms with E-state index in [1.54, 1.807) is 0 Å². The van der Waals surface area contributed by atoms with E-state index in [0.29, 0.717) is 42.6 Å². The lowest BCUT2D eigenvalue weighted by atomic mass is 10.2. The number of urea groups is 1. The highest BCUT2D eigenvalue weighted by atomic mass is 16.2. The molecule has 10 nitrogen and oxygen atoms in total. The molecule has 0 bridgehead atoms. The third-order valence-electron chi connectivity index (χ3n) is 3.19. The summed E-state index contributed by atoms with van der Waals surface area (Å²) in [5, 5.41) is 19.3. The van der Waals surface area contributed by atoms with E-state index in [0.717, 1.165) is 5.56 Å². The lowest BCUT2D eigenvalue weighted by Gasteiger charge is -2.09. The van der Waals surface area contributed by atoms with Crippen LogP contribution in [-0.4, -0.2) is 44.5 Å². The van der Waals surface area contributed by atoms with Crippen molar-refractivity contribution in [3.63, 3.8) is 0 Å². The number of primary amides is 1. The van der Waals surface area contributed by atoms with Crippen molar-refractivity contribution in [1.82, 2.24) is 30.7 Å². The van der Waals surface area contributed by atoms with E-state index in [-0.39, 0.29) is 0 Å². The molecule has 0 aliphatic rings. The Bertz CT molecular complexity index is 817. The summed E-state index contributed by atoms with van der Waals surface area (Å²) in [6.07, 6.45) is 0. The van der Waals surface area contributed by atoms with E-state index in [1.165, 1.54) is 0 Å².